The lowest BCUT2D eigenvalue weighted by Crippen LogP contribution is -2.14. The monoisotopic (exact) mass is 574 g/mol. The molecule has 0 aliphatic carbocycles. The van der Waals surface area contributed by atoms with E-state index in [-0.39, 0.29) is 6.42 Å². The highest BCUT2D eigenvalue weighted by atomic mass is 16.7. The number of carbonyl (C=O) groups is 2. The molecule has 0 saturated carbocycles. The van der Waals surface area contributed by atoms with Gasteiger partial charge in [0.05, 0.1) is 6.61 Å². The molecule has 0 spiro atoms. The molecule has 0 saturated heterocycles. The Hall–Kier alpha value is -1.84. The van der Waals surface area contributed by atoms with E-state index in [1.165, 1.54) is 83.5 Å². The average Bonchev–Trinajstić information content (AvgIpc) is 2.94. The van der Waals surface area contributed by atoms with Crippen LogP contribution in [0.1, 0.15) is 175 Å². The Labute approximate surface area is 254 Å². The lowest BCUT2D eigenvalue weighted by molar-refractivity contribution is -0.139. The van der Waals surface area contributed by atoms with Crippen molar-refractivity contribution in [3.63, 3.8) is 0 Å². The fraction of sp³-hybridized carbons (Fsp3) is 0.784. The third-order valence-corrected chi connectivity index (χ3v) is 7.37. The zero-order valence-corrected chi connectivity index (χ0v) is 27.4. The van der Waals surface area contributed by atoms with Crippen molar-refractivity contribution in [3.05, 3.63) is 36.5 Å². The first kappa shape index (κ1) is 39.2. The maximum absolute atomic E-state index is 11.8. The summed E-state index contributed by atoms with van der Waals surface area (Å²) in [6, 6.07) is 0. The van der Waals surface area contributed by atoms with Crippen molar-refractivity contribution in [2.75, 3.05) is 6.61 Å². The lowest BCUT2D eigenvalue weighted by Gasteiger charge is -2.06. The van der Waals surface area contributed by atoms with Crippen LogP contribution in [0, 0.1) is 5.92 Å². The van der Waals surface area contributed by atoms with E-state index < -0.39 is 12.1 Å². The van der Waals surface area contributed by atoms with E-state index >= 15 is 0 Å². The molecular formula is C37H66O4. The zero-order chi connectivity index (χ0) is 30.1. The topological polar surface area (TPSA) is 52.6 Å². The van der Waals surface area contributed by atoms with Crippen LogP contribution in [0.15, 0.2) is 36.5 Å². The maximum Gasteiger partial charge on any atom is 0.516 e. The maximum atomic E-state index is 11.8. The molecule has 0 fully saturated rings. The predicted octanol–water partition coefficient (Wildman–Crippen LogP) is 12.4. The quantitative estimate of drug-likeness (QED) is 0.0386. The number of carbonyl (C=O) groups excluding carboxylic acids is 2. The molecule has 4 heteroatoms. The van der Waals surface area contributed by atoms with Crippen LogP contribution in [0.3, 0.4) is 0 Å². The molecule has 0 aromatic heterocycles. The third kappa shape index (κ3) is 34.3. The first-order chi connectivity index (χ1) is 20.1. The molecule has 0 N–H and O–H groups in total. The van der Waals surface area contributed by atoms with Crippen molar-refractivity contribution in [1.29, 1.82) is 0 Å². The Morgan fingerprint density at radius 1 is 0.561 bits per heavy atom. The summed E-state index contributed by atoms with van der Waals surface area (Å²) in [6.45, 7) is 7.11. The van der Waals surface area contributed by atoms with Crippen molar-refractivity contribution in [3.8, 4) is 0 Å². The van der Waals surface area contributed by atoms with Gasteiger partial charge in [-0.2, -0.15) is 0 Å². The molecule has 0 radical (unpaired) electrons. The van der Waals surface area contributed by atoms with Crippen molar-refractivity contribution in [2.45, 2.75) is 175 Å². The Bertz CT molecular complexity index is 662. The summed E-state index contributed by atoms with van der Waals surface area (Å²) < 4.78 is 9.84. The number of esters is 1. The van der Waals surface area contributed by atoms with Crippen LogP contribution >= 0.6 is 0 Å². The van der Waals surface area contributed by atoms with Gasteiger partial charge in [0.25, 0.3) is 0 Å². The van der Waals surface area contributed by atoms with E-state index in [0.29, 0.717) is 6.61 Å². The van der Waals surface area contributed by atoms with Crippen molar-refractivity contribution < 1.29 is 19.1 Å². The number of ether oxygens (including phenoxy) is 2. The van der Waals surface area contributed by atoms with Crippen molar-refractivity contribution in [2.24, 2.45) is 5.92 Å². The van der Waals surface area contributed by atoms with E-state index in [1.54, 1.807) is 0 Å². The Kier molecular flexibility index (Phi) is 31.2. The van der Waals surface area contributed by atoms with Gasteiger partial charge in [-0.25, -0.2) is 4.79 Å². The summed E-state index contributed by atoms with van der Waals surface area (Å²) in [5.41, 5.74) is 0. The largest absolute Gasteiger partial charge is 0.516 e. The third-order valence-electron chi connectivity index (χ3n) is 7.37. The second-order valence-corrected chi connectivity index (χ2v) is 12.0. The van der Waals surface area contributed by atoms with Gasteiger partial charge in [0.1, 0.15) is 0 Å². The van der Waals surface area contributed by atoms with Gasteiger partial charge in [-0.3, -0.25) is 4.79 Å². The first-order valence-corrected chi connectivity index (χ1v) is 17.4. The highest BCUT2D eigenvalue weighted by molar-refractivity contribution is 5.81. The van der Waals surface area contributed by atoms with Gasteiger partial charge < -0.3 is 9.47 Å². The molecule has 0 aliphatic rings. The van der Waals surface area contributed by atoms with Gasteiger partial charge >= 0.3 is 12.1 Å². The SMILES string of the molecule is CC/C=C\C/C=C\C/C=C\CCCCCCCC(=O)OC(=O)OCCCCCCCCCCCCCCCC(C)C. The van der Waals surface area contributed by atoms with E-state index in [2.05, 4.69) is 57.2 Å². The van der Waals surface area contributed by atoms with Crippen molar-refractivity contribution in [1.82, 2.24) is 0 Å². The highest BCUT2D eigenvalue weighted by Gasteiger charge is 2.11. The van der Waals surface area contributed by atoms with Crippen LogP contribution in [0.2, 0.25) is 0 Å². The predicted molar refractivity (Wildman–Crippen MR) is 176 cm³/mol. The standard InChI is InChI=1S/C37H66O4/c1-4-5-6-7-8-9-10-11-12-15-18-21-24-27-30-33-36(38)41-37(39)40-34-31-28-25-22-19-16-13-14-17-20-23-26-29-32-35(2)3/h5-6,8-9,11-12,35H,4,7,10,13-34H2,1-3H3/b6-5-,9-8-,12-11-. The molecular weight excluding hydrogens is 508 g/mol. The van der Waals surface area contributed by atoms with Gasteiger partial charge in [-0.05, 0) is 50.9 Å². The van der Waals surface area contributed by atoms with Crippen LogP contribution in [0.5, 0.6) is 0 Å². The molecule has 238 valence electrons. The minimum Gasteiger partial charge on any atom is -0.434 e. The molecule has 0 heterocycles. The summed E-state index contributed by atoms with van der Waals surface area (Å²) in [5.74, 6) is 0.381. The summed E-state index contributed by atoms with van der Waals surface area (Å²) >= 11 is 0. The summed E-state index contributed by atoms with van der Waals surface area (Å²) in [5, 5.41) is 0. The van der Waals surface area contributed by atoms with Crippen molar-refractivity contribution >= 4 is 12.1 Å². The number of rotatable bonds is 29. The summed E-state index contributed by atoms with van der Waals surface area (Å²) in [4.78, 5) is 23.5. The molecule has 0 rings (SSSR count). The Morgan fingerprint density at radius 2 is 1.02 bits per heavy atom. The molecule has 0 aliphatic heterocycles. The summed E-state index contributed by atoms with van der Waals surface area (Å²) in [6.07, 6.45) is 40.3. The lowest BCUT2D eigenvalue weighted by atomic mass is 10.0. The van der Waals surface area contributed by atoms with Gasteiger partial charge in [-0.15, -0.1) is 0 Å². The molecule has 0 amide bonds. The van der Waals surface area contributed by atoms with Gasteiger partial charge in [0.2, 0.25) is 0 Å². The normalized spacial score (nSPS) is 11.9. The molecule has 4 nitrogen and oxygen atoms in total. The fourth-order valence-corrected chi connectivity index (χ4v) is 4.82. The van der Waals surface area contributed by atoms with E-state index in [9.17, 15) is 9.59 Å². The second-order valence-electron chi connectivity index (χ2n) is 12.0. The molecule has 0 unspecified atom stereocenters. The average molecular weight is 575 g/mol. The molecule has 0 bridgehead atoms. The van der Waals surface area contributed by atoms with E-state index in [1.807, 2.05) is 0 Å². The first-order valence-electron chi connectivity index (χ1n) is 17.4. The molecule has 0 atom stereocenters. The molecule has 0 aromatic carbocycles. The number of unbranched alkanes of at least 4 members (excludes halogenated alkanes) is 17. The van der Waals surface area contributed by atoms with Gasteiger partial charge in [-0.1, -0.05) is 160 Å². The van der Waals surface area contributed by atoms with Gasteiger partial charge in [0, 0.05) is 6.42 Å². The van der Waals surface area contributed by atoms with Crippen LogP contribution < -0.4 is 0 Å². The summed E-state index contributed by atoms with van der Waals surface area (Å²) in [7, 11) is 0. The van der Waals surface area contributed by atoms with Crippen LogP contribution in [0.4, 0.5) is 4.79 Å². The van der Waals surface area contributed by atoms with Crippen LogP contribution in [-0.4, -0.2) is 18.7 Å². The molecule has 0 aromatic rings. The zero-order valence-electron chi connectivity index (χ0n) is 27.4. The molecule has 41 heavy (non-hydrogen) atoms. The second kappa shape index (κ2) is 32.7. The Balaban J connectivity index is 3.36. The fourth-order valence-electron chi connectivity index (χ4n) is 4.82. The van der Waals surface area contributed by atoms with Crippen LogP contribution in [-0.2, 0) is 14.3 Å². The highest BCUT2D eigenvalue weighted by Crippen LogP contribution is 2.14. The van der Waals surface area contributed by atoms with Crippen LogP contribution in [0.25, 0.3) is 0 Å². The minimum atomic E-state index is -0.839. The van der Waals surface area contributed by atoms with E-state index in [4.69, 9.17) is 9.47 Å². The Morgan fingerprint density at radius 3 is 1.59 bits per heavy atom. The van der Waals surface area contributed by atoms with Gasteiger partial charge in [0.15, 0.2) is 0 Å². The smallest absolute Gasteiger partial charge is 0.434 e. The number of allylic oxidation sites excluding steroid dienone is 6. The minimum absolute atomic E-state index is 0.285. The number of hydrogen-bond donors (Lipinski definition) is 0. The van der Waals surface area contributed by atoms with E-state index in [0.717, 1.165) is 70.1 Å². The number of hydrogen-bond acceptors (Lipinski definition) is 4.